The van der Waals surface area contributed by atoms with Gasteiger partial charge in [-0.3, -0.25) is 0 Å². The minimum Gasteiger partial charge on any atom is -0.143 e. The number of thiol groups is 1. The second-order valence-electron chi connectivity index (χ2n) is 2.84. The van der Waals surface area contributed by atoms with Crippen LogP contribution < -0.4 is 0 Å². The van der Waals surface area contributed by atoms with Crippen molar-refractivity contribution in [2.24, 2.45) is 0 Å². The molecule has 1 heteroatoms. The molecule has 13 heavy (non-hydrogen) atoms. The Bertz CT molecular complexity index is 376. The first kappa shape index (κ1) is 8.39. The zero-order valence-electron chi connectivity index (χ0n) is 7.07. The molecule has 0 spiro atoms. The zero-order chi connectivity index (χ0) is 9.10. The molecule has 0 amide bonds. The van der Waals surface area contributed by atoms with Crippen molar-refractivity contribution in [2.75, 3.05) is 0 Å². The summed E-state index contributed by atoms with van der Waals surface area (Å²) in [5, 5.41) is 0. The van der Waals surface area contributed by atoms with Gasteiger partial charge in [-0.05, 0) is 29.3 Å². The van der Waals surface area contributed by atoms with E-state index in [-0.39, 0.29) is 0 Å². The van der Waals surface area contributed by atoms with Crippen LogP contribution in [0.4, 0.5) is 0 Å². The van der Waals surface area contributed by atoms with Gasteiger partial charge in [0, 0.05) is 4.90 Å². The molecule has 0 bridgehead atoms. The van der Waals surface area contributed by atoms with Crippen molar-refractivity contribution in [2.45, 2.75) is 4.90 Å². The van der Waals surface area contributed by atoms with E-state index in [0.29, 0.717) is 0 Å². The molecule has 0 aliphatic heterocycles. The molecule has 0 N–H and O–H groups in total. The van der Waals surface area contributed by atoms with Gasteiger partial charge in [0.1, 0.15) is 0 Å². The first-order valence-electron chi connectivity index (χ1n) is 4.12. The van der Waals surface area contributed by atoms with Crippen molar-refractivity contribution in [3.63, 3.8) is 0 Å². The molecule has 0 nitrogen and oxygen atoms in total. The van der Waals surface area contributed by atoms with Crippen LogP contribution in [0.25, 0.3) is 11.1 Å². The highest BCUT2D eigenvalue weighted by Gasteiger charge is 1.94. The van der Waals surface area contributed by atoms with E-state index < -0.39 is 0 Å². The maximum Gasteiger partial charge on any atom is 0.00404 e. The van der Waals surface area contributed by atoms with Gasteiger partial charge in [0.05, 0.1) is 0 Å². The molecule has 0 aliphatic carbocycles. The quantitative estimate of drug-likeness (QED) is 0.646. The summed E-state index contributed by atoms with van der Waals surface area (Å²) in [5.41, 5.74) is 2.43. The standard InChI is InChI=1S/C12H9S/c13-12-8-6-11(7-9-12)10-4-2-1-3-5-10/h2-9,13H. The minimum atomic E-state index is 0.992. The average Bonchev–Trinajstić information content (AvgIpc) is 2.20. The average molecular weight is 185 g/mol. The molecular formula is C12H9S. The predicted octanol–water partition coefficient (Wildman–Crippen LogP) is 3.44. The summed E-state index contributed by atoms with van der Waals surface area (Å²) >= 11 is 4.24. The van der Waals surface area contributed by atoms with E-state index in [2.05, 4.69) is 30.8 Å². The monoisotopic (exact) mass is 185 g/mol. The Balaban J connectivity index is 2.42. The van der Waals surface area contributed by atoms with Gasteiger partial charge in [0.25, 0.3) is 0 Å². The summed E-state index contributed by atoms with van der Waals surface area (Å²) in [6.07, 6.45) is 0. The third-order valence-corrected chi connectivity index (χ3v) is 2.22. The number of benzene rings is 2. The van der Waals surface area contributed by atoms with Crippen LogP contribution in [0, 0.1) is 6.07 Å². The van der Waals surface area contributed by atoms with Crippen LogP contribution in [0.1, 0.15) is 0 Å². The summed E-state index contributed by atoms with van der Waals surface area (Å²) < 4.78 is 0. The Labute approximate surface area is 83.6 Å². The van der Waals surface area contributed by atoms with Crippen molar-refractivity contribution in [3.05, 3.63) is 54.6 Å². The topological polar surface area (TPSA) is 0 Å². The first-order chi connectivity index (χ1) is 6.36. The van der Waals surface area contributed by atoms with Crippen molar-refractivity contribution < 1.29 is 0 Å². The Hall–Kier alpha value is -1.21. The smallest absolute Gasteiger partial charge is 0.00404 e. The lowest BCUT2D eigenvalue weighted by molar-refractivity contribution is 1.47. The number of hydrogen-bond acceptors (Lipinski definition) is 1. The highest BCUT2D eigenvalue weighted by atomic mass is 32.1. The molecule has 0 saturated carbocycles. The van der Waals surface area contributed by atoms with Gasteiger partial charge >= 0.3 is 0 Å². The molecule has 0 unspecified atom stereocenters. The van der Waals surface area contributed by atoms with Gasteiger partial charge in [0.15, 0.2) is 0 Å². The number of hydrogen-bond donors (Lipinski definition) is 1. The van der Waals surface area contributed by atoms with Gasteiger partial charge in [0.2, 0.25) is 0 Å². The van der Waals surface area contributed by atoms with Crippen molar-refractivity contribution in [1.82, 2.24) is 0 Å². The highest BCUT2D eigenvalue weighted by molar-refractivity contribution is 7.80. The van der Waals surface area contributed by atoms with Crippen molar-refractivity contribution in [3.8, 4) is 11.1 Å². The molecule has 0 saturated heterocycles. The van der Waals surface area contributed by atoms with Crippen LogP contribution in [0.15, 0.2) is 53.4 Å². The minimum absolute atomic E-state index is 0.992. The largest absolute Gasteiger partial charge is 0.143 e. The lowest BCUT2D eigenvalue weighted by atomic mass is 10.1. The van der Waals surface area contributed by atoms with Gasteiger partial charge in [-0.1, -0.05) is 36.4 Å². The molecule has 2 aromatic carbocycles. The Morgan fingerprint density at radius 2 is 1.31 bits per heavy atom. The summed E-state index contributed by atoms with van der Waals surface area (Å²) in [5.74, 6) is 0. The van der Waals surface area contributed by atoms with E-state index in [1.54, 1.807) is 0 Å². The van der Waals surface area contributed by atoms with Gasteiger partial charge in [-0.25, -0.2) is 0 Å². The second-order valence-corrected chi connectivity index (χ2v) is 3.35. The molecule has 0 heterocycles. The molecule has 0 fully saturated rings. The molecule has 0 atom stereocenters. The highest BCUT2D eigenvalue weighted by Crippen LogP contribution is 2.19. The second kappa shape index (κ2) is 3.67. The molecule has 2 aromatic rings. The lowest BCUT2D eigenvalue weighted by Crippen LogP contribution is -1.75. The fourth-order valence-corrected chi connectivity index (χ4v) is 1.38. The molecular weight excluding hydrogens is 176 g/mol. The van der Waals surface area contributed by atoms with Crippen molar-refractivity contribution in [1.29, 1.82) is 0 Å². The maximum atomic E-state index is 4.24. The van der Waals surface area contributed by atoms with Crippen molar-refractivity contribution >= 4 is 12.6 Å². The Kier molecular flexibility index (Phi) is 2.37. The van der Waals surface area contributed by atoms with E-state index in [1.165, 1.54) is 11.1 Å². The Morgan fingerprint density at radius 3 is 1.92 bits per heavy atom. The Morgan fingerprint density at radius 1 is 0.769 bits per heavy atom. The molecule has 1 radical (unpaired) electrons. The van der Waals surface area contributed by atoms with Crippen LogP contribution in [-0.2, 0) is 0 Å². The molecule has 2 rings (SSSR count). The van der Waals surface area contributed by atoms with E-state index in [0.717, 1.165) is 4.90 Å². The van der Waals surface area contributed by atoms with Crippen LogP contribution in [0.3, 0.4) is 0 Å². The fraction of sp³-hybridized carbons (Fsp3) is 0. The number of rotatable bonds is 1. The van der Waals surface area contributed by atoms with Crippen LogP contribution >= 0.6 is 12.6 Å². The predicted molar refractivity (Wildman–Crippen MR) is 58.0 cm³/mol. The summed E-state index contributed by atoms with van der Waals surface area (Å²) in [4.78, 5) is 0.992. The van der Waals surface area contributed by atoms with E-state index >= 15 is 0 Å². The molecule has 63 valence electrons. The normalized spacial score (nSPS) is 9.92. The third-order valence-electron chi connectivity index (χ3n) is 1.92. The van der Waals surface area contributed by atoms with Crippen LogP contribution in [-0.4, -0.2) is 0 Å². The van der Waals surface area contributed by atoms with Crippen LogP contribution in [0.5, 0.6) is 0 Å². The summed E-state index contributed by atoms with van der Waals surface area (Å²) in [6, 6.07) is 19.1. The fourth-order valence-electron chi connectivity index (χ4n) is 1.23. The lowest BCUT2D eigenvalue weighted by Gasteiger charge is -2.00. The van der Waals surface area contributed by atoms with E-state index in [1.807, 2.05) is 36.4 Å². The molecule has 0 aromatic heterocycles. The maximum absolute atomic E-state index is 4.24. The van der Waals surface area contributed by atoms with E-state index in [4.69, 9.17) is 0 Å². The van der Waals surface area contributed by atoms with E-state index in [9.17, 15) is 0 Å². The first-order valence-corrected chi connectivity index (χ1v) is 4.56. The summed E-state index contributed by atoms with van der Waals surface area (Å²) in [7, 11) is 0. The third kappa shape index (κ3) is 1.93. The van der Waals surface area contributed by atoms with Gasteiger partial charge < -0.3 is 0 Å². The summed E-state index contributed by atoms with van der Waals surface area (Å²) in [6.45, 7) is 0. The zero-order valence-corrected chi connectivity index (χ0v) is 7.96. The van der Waals surface area contributed by atoms with Gasteiger partial charge in [-0.15, -0.1) is 12.6 Å². The molecule has 0 aliphatic rings. The van der Waals surface area contributed by atoms with Crippen LogP contribution in [0.2, 0.25) is 0 Å². The SMILES string of the molecule is Sc1ccc(-c2cc[c]cc2)cc1. The van der Waals surface area contributed by atoms with Gasteiger partial charge in [-0.2, -0.15) is 0 Å².